The third kappa shape index (κ3) is 7.00. The molecule has 0 saturated heterocycles. The van der Waals surface area contributed by atoms with Crippen LogP contribution in [0.15, 0.2) is 0 Å². The molecule has 0 aliphatic rings. The fourth-order valence-corrected chi connectivity index (χ4v) is 0.815. The van der Waals surface area contributed by atoms with Gasteiger partial charge in [0, 0.05) is 0 Å². The van der Waals surface area contributed by atoms with Crippen molar-refractivity contribution in [3.05, 3.63) is 0 Å². The van der Waals surface area contributed by atoms with E-state index in [1.165, 1.54) is 0 Å². The van der Waals surface area contributed by atoms with E-state index in [2.05, 4.69) is 44.3 Å². The van der Waals surface area contributed by atoms with Gasteiger partial charge in [-0.2, -0.15) is 0 Å². The van der Waals surface area contributed by atoms with E-state index < -0.39 is 0 Å². The predicted molar refractivity (Wildman–Crippen MR) is 36.6 cm³/mol. The summed E-state index contributed by atoms with van der Waals surface area (Å²) in [6.07, 6.45) is 0. The van der Waals surface area contributed by atoms with Crippen molar-refractivity contribution in [1.82, 2.24) is 5.32 Å². The zero-order chi connectivity index (χ0) is 5.70. The van der Waals surface area contributed by atoms with Crippen molar-refractivity contribution in [1.29, 1.82) is 0 Å². The molecule has 0 radical (unpaired) electrons. The van der Waals surface area contributed by atoms with Crippen LogP contribution in [0.3, 0.4) is 0 Å². The van der Waals surface area contributed by atoms with Crippen LogP contribution in [-0.2, 0) is 0 Å². The van der Waals surface area contributed by atoms with Crippen molar-refractivity contribution >= 4 is 32.0 Å². The molecule has 0 aromatic carbocycles. The molecule has 0 aliphatic carbocycles. The Labute approximate surface area is 61.3 Å². The Kier molecular flexibility index (Phi) is 5.88. The van der Waals surface area contributed by atoms with Crippen LogP contribution >= 0.6 is 0 Å². The van der Waals surface area contributed by atoms with E-state index in [0.29, 0.717) is 3.71 Å². The maximum absolute atomic E-state index is 3.22. The van der Waals surface area contributed by atoms with Crippen molar-refractivity contribution in [3.8, 4) is 0 Å². The Morgan fingerprint density at radius 2 is 2.14 bits per heavy atom. The van der Waals surface area contributed by atoms with E-state index in [0.717, 1.165) is 13.1 Å². The number of hydrogen-bond acceptors (Lipinski definition) is 1. The summed E-state index contributed by atoms with van der Waals surface area (Å²) in [7, 11) is 0. The van der Waals surface area contributed by atoms with Crippen LogP contribution in [0.25, 0.3) is 0 Å². The quantitative estimate of drug-likeness (QED) is 0.623. The van der Waals surface area contributed by atoms with Gasteiger partial charge in [0.25, 0.3) is 0 Å². The second-order valence-corrected chi connectivity index (χ2v) is 5.82. The van der Waals surface area contributed by atoms with Crippen LogP contribution in [-0.4, -0.2) is 45.1 Å². The van der Waals surface area contributed by atoms with E-state index in [1.54, 1.807) is 0 Å². The average Bonchev–Trinajstić information content (AvgIpc) is 1.61. The Bertz CT molecular complexity index is 38.7. The summed E-state index contributed by atoms with van der Waals surface area (Å²) in [4.78, 5) is 0. The molecular weight excluding hydrogens is 220 g/mol. The molecule has 7 heavy (non-hydrogen) atoms. The van der Waals surface area contributed by atoms with E-state index in [4.69, 9.17) is 0 Å². The van der Waals surface area contributed by atoms with Crippen LogP contribution < -0.4 is 5.32 Å². The van der Waals surface area contributed by atoms with Gasteiger partial charge in [-0.25, -0.2) is 0 Å². The van der Waals surface area contributed by atoms with Gasteiger partial charge < -0.3 is 0 Å². The summed E-state index contributed by atoms with van der Waals surface area (Å²) in [5.41, 5.74) is 0. The fraction of sp³-hybridized carbons (Fsp3) is 1.00. The van der Waals surface area contributed by atoms with Crippen LogP contribution in [0.5, 0.6) is 0 Å². The van der Waals surface area contributed by atoms with Gasteiger partial charge in [0.05, 0.1) is 0 Å². The van der Waals surface area contributed by atoms with Crippen molar-refractivity contribution in [2.24, 2.45) is 0 Å². The molecule has 0 amide bonds. The normalized spacial score (nSPS) is 10.3. The molecule has 44 valence electrons. The second-order valence-electron chi connectivity index (χ2n) is 1.29. The van der Waals surface area contributed by atoms with E-state index in [9.17, 15) is 0 Å². The topological polar surface area (TPSA) is 12.0 Å². The Balaban J connectivity index is 2.68. The van der Waals surface area contributed by atoms with E-state index in [1.807, 2.05) is 0 Å². The zero-order valence-corrected chi connectivity index (χ0v) is 8.14. The monoisotopic (exact) mass is 233 g/mol. The van der Waals surface area contributed by atoms with E-state index >= 15 is 0 Å². The van der Waals surface area contributed by atoms with Gasteiger partial charge in [0.15, 0.2) is 0 Å². The fourth-order valence-electron chi connectivity index (χ4n) is 0.273. The SMILES string of the molecule is CCNCC([SeH])[SeH]. The Morgan fingerprint density at radius 1 is 1.57 bits per heavy atom. The van der Waals surface area contributed by atoms with Gasteiger partial charge in [-0.15, -0.1) is 0 Å². The number of rotatable bonds is 3. The standard InChI is InChI=1S/C4H11NSe2/c1-2-5-3-4(6)7/h4-7H,2-3H2,1H3. The van der Waals surface area contributed by atoms with Gasteiger partial charge in [0.1, 0.15) is 0 Å². The molecule has 1 nitrogen and oxygen atoms in total. The summed E-state index contributed by atoms with van der Waals surface area (Å²) in [5, 5.41) is 3.22. The minimum absolute atomic E-state index is 0.667. The van der Waals surface area contributed by atoms with Crippen LogP contribution in [0.2, 0.25) is 3.71 Å². The Hall–Kier alpha value is 0.999. The first-order chi connectivity index (χ1) is 3.27. The maximum atomic E-state index is 3.22. The minimum atomic E-state index is 0.667. The van der Waals surface area contributed by atoms with E-state index in [-0.39, 0.29) is 0 Å². The summed E-state index contributed by atoms with van der Waals surface area (Å²) in [6, 6.07) is 0. The van der Waals surface area contributed by atoms with Crippen LogP contribution in [0.4, 0.5) is 0 Å². The molecule has 0 unspecified atom stereocenters. The molecule has 3 heteroatoms. The van der Waals surface area contributed by atoms with Crippen molar-refractivity contribution in [2.75, 3.05) is 13.1 Å². The third-order valence-electron chi connectivity index (χ3n) is 0.577. The van der Waals surface area contributed by atoms with Gasteiger partial charge in [-0.05, 0) is 0 Å². The molecule has 0 heterocycles. The molecule has 0 atom stereocenters. The molecule has 0 aromatic rings. The first-order valence-corrected chi connectivity index (χ1v) is 4.51. The van der Waals surface area contributed by atoms with Crippen molar-refractivity contribution < 1.29 is 0 Å². The number of nitrogens with one attached hydrogen (secondary N) is 1. The first-order valence-electron chi connectivity index (χ1n) is 2.34. The second kappa shape index (κ2) is 5.14. The first kappa shape index (κ1) is 8.00. The molecule has 0 rings (SSSR count). The molecule has 0 fully saturated rings. The van der Waals surface area contributed by atoms with Gasteiger partial charge in [-0.3, -0.25) is 0 Å². The van der Waals surface area contributed by atoms with Crippen molar-refractivity contribution in [2.45, 2.75) is 10.6 Å². The Morgan fingerprint density at radius 3 is 2.29 bits per heavy atom. The van der Waals surface area contributed by atoms with Crippen LogP contribution in [0.1, 0.15) is 6.92 Å². The summed E-state index contributed by atoms with van der Waals surface area (Å²) >= 11 is 5.17. The zero-order valence-electron chi connectivity index (χ0n) is 4.39. The van der Waals surface area contributed by atoms with Crippen molar-refractivity contribution in [3.63, 3.8) is 0 Å². The van der Waals surface area contributed by atoms with Gasteiger partial charge in [0.2, 0.25) is 0 Å². The van der Waals surface area contributed by atoms with Gasteiger partial charge >= 0.3 is 61.1 Å². The summed E-state index contributed by atoms with van der Waals surface area (Å²) in [5.74, 6) is 0. The van der Waals surface area contributed by atoms with Gasteiger partial charge in [-0.1, -0.05) is 0 Å². The third-order valence-corrected chi connectivity index (χ3v) is 1.34. The molecule has 0 aromatic heterocycles. The predicted octanol–water partition coefficient (Wildman–Crippen LogP) is -0.857. The molecule has 1 N–H and O–H groups in total. The average molecular weight is 231 g/mol. The molecule has 0 spiro atoms. The molecule has 0 saturated carbocycles. The summed E-state index contributed by atoms with van der Waals surface area (Å²) in [6.45, 7) is 4.28. The molecule has 0 aliphatic heterocycles. The molecule has 0 bridgehead atoms. The summed E-state index contributed by atoms with van der Waals surface area (Å²) < 4.78 is 0.667. The van der Waals surface area contributed by atoms with Crippen LogP contribution in [0, 0.1) is 0 Å². The number of hydrogen-bond donors (Lipinski definition) is 1. The molecular formula is C4H11NSe2.